The van der Waals surface area contributed by atoms with Gasteiger partial charge < -0.3 is 9.64 Å². The number of nitrogens with zero attached hydrogens (tertiary/aromatic N) is 1. The highest BCUT2D eigenvalue weighted by atomic mass is 79.9. The third-order valence-corrected chi connectivity index (χ3v) is 2.73. The molecule has 0 heterocycles. The van der Waals surface area contributed by atoms with E-state index in [2.05, 4.69) is 41.7 Å². The van der Waals surface area contributed by atoms with Gasteiger partial charge in [0.2, 0.25) is 0 Å². The van der Waals surface area contributed by atoms with Crippen LogP contribution in [0, 0.1) is 5.92 Å². The Kier molecular flexibility index (Phi) is 8.94. The first kappa shape index (κ1) is 14.4. The smallest absolute Gasteiger partial charge is 0.0600 e. The van der Waals surface area contributed by atoms with Gasteiger partial charge in [-0.2, -0.15) is 0 Å². The Morgan fingerprint density at radius 1 is 1.36 bits per heavy atom. The molecule has 0 N–H and O–H groups in total. The van der Waals surface area contributed by atoms with Crippen molar-refractivity contribution in [3.63, 3.8) is 0 Å². The minimum atomic E-state index is 0.455. The van der Waals surface area contributed by atoms with Gasteiger partial charge in [-0.15, -0.1) is 0 Å². The molecule has 0 radical (unpaired) electrons. The quantitative estimate of drug-likeness (QED) is 0.626. The molecule has 86 valence electrons. The van der Waals surface area contributed by atoms with Gasteiger partial charge >= 0.3 is 0 Å². The first-order chi connectivity index (χ1) is 6.56. The van der Waals surface area contributed by atoms with E-state index < -0.39 is 0 Å². The van der Waals surface area contributed by atoms with Gasteiger partial charge in [-0.1, -0.05) is 29.8 Å². The second-order valence-corrected chi connectivity index (χ2v) is 5.65. The zero-order valence-electron chi connectivity index (χ0n) is 9.92. The molecule has 0 fully saturated rings. The predicted octanol–water partition coefficient (Wildman–Crippen LogP) is 2.76. The van der Waals surface area contributed by atoms with Crippen LogP contribution in [0.2, 0.25) is 0 Å². The SMILES string of the molecule is COCC(Br)CN(C)CCCC(C)C. The normalized spacial score (nSPS) is 13.9. The first-order valence-corrected chi connectivity index (χ1v) is 6.29. The van der Waals surface area contributed by atoms with Crippen LogP contribution in [0.25, 0.3) is 0 Å². The summed E-state index contributed by atoms with van der Waals surface area (Å²) < 4.78 is 5.07. The molecule has 0 saturated carbocycles. The van der Waals surface area contributed by atoms with E-state index in [1.54, 1.807) is 7.11 Å². The Bertz CT molecular complexity index is 130. The van der Waals surface area contributed by atoms with E-state index >= 15 is 0 Å². The Morgan fingerprint density at radius 3 is 2.50 bits per heavy atom. The zero-order valence-corrected chi connectivity index (χ0v) is 11.5. The van der Waals surface area contributed by atoms with Crippen LogP contribution in [0.1, 0.15) is 26.7 Å². The molecule has 0 bridgehead atoms. The number of hydrogen-bond donors (Lipinski definition) is 0. The monoisotopic (exact) mass is 265 g/mol. The second kappa shape index (κ2) is 8.69. The van der Waals surface area contributed by atoms with Crippen LogP contribution in [0.4, 0.5) is 0 Å². The summed E-state index contributed by atoms with van der Waals surface area (Å²) in [5, 5.41) is 0. The minimum Gasteiger partial charge on any atom is -0.383 e. The molecule has 0 spiro atoms. The van der Waals surface area contributed by atoms with E-state index in [4.69, 9.17) is 4.74 Å². The molecular formula is C11H24BrNO. The second-order valence-electron chi connectivity index (χ2n) is 4.35. The molecular weight excluding hydrogens is 242 g/mol. The Balaban J connectivity index is 3.39. The van der Waals surface area contributed by atoms with Crippen LogP contribution in [0.15, 0.2) is 0 Å². The number of alkyl halides is 1. The number of halogens is 1. The maximum atomic E-state index is 5.07. The maximum absolute atomic E-state index is 5.07. The van der Waals surface area contributed by atoms with Gasteiger partial charge in [0.15, 0.2) is 0 Å². The number of hydrogen-bond acceptors (Lipinski definition) is 2. The molecule has 0 saturated heterocycles. The molecule has 14 heavy (non-hydrogen) atoms. The molecule has 0 aromatic rings. The standard InChI is InChI=1S/C11H24BrNO/c1-10(2)6-5-7-13(3)8-11(12)9-14-4/h10-11H,5-9H2,1-4H3. The fraction of sp³-hybridized carbons (Fsp3) is 1.00. The number of ether oxygens (including phenoxy) is 1. The summed E-state index contributed by atoms with van der Waals surface area (Å²) in [7, 11) is 3.91. The van der Waals surface area contributed by atoms with Gasteiger partial charge in [-0.25, -0.2) is 0 Å². The third kappa shape index (κ3) is 8.97. The van der Waals surface area contributed by atoms with E-state index in [1.807, 2.05) is 0 Å². The Morgan fingerprint density at radius 2 is 2.00 bits per heavy atom. The van der Waals surface area contributed by atoms with Crippen molar-refractivity contribution in [3.8, 4) is 0 Å². The molecule has 2 nitrogen and oxygen atoms in total. The van der Waals surface area contributed by atoms with Crippen LogP contribution in [-0.2, 0) is 4.74 Å². The van der Waals surface area contributed by atoms with Crippen LogP contribution in [0.5, 0.6) is 0 Å². The molecule has 0 rings (SSSR count). The van der Waals surface area contributed by atoms with Crippen molar-refractivity contribution >= 4 is 15.9 Å². The highest BCUT2D eigenvalue weighted by molar-refractivity contribution is 9.09. The molecule has 0 aliphatic rings. The van der Waals surface area contributed by atoms with Gasteiger partial charge in [0.25, 0.3) is 0 Å². The maximum Gasteiger partial charge on any atom is 0.0600 e. The lowest BCUT2D eigenvalue weighted by atomic mass is 10.1. The molecule has 0 aliphatic heterocycles. The molecule has 1 atom stereocenters. The van der Waals surface area contributed by atoms with Crippen molar-refractivity contribution in [2.24, 2.45) is 5.92 Å². The van der Waals surface area contributed by atoms with E-state index in [1.165, 1.54) is 19.4 Å². The summed E-state index contributed by atoms with van der Waals surface area (Å²) >= 11 is 3.59. The number of rotatable bonds is 8. The summed E-state index contributed by atoms with van der Waals surface area (Å²) in [4.78, 5) is 2.82. The molecule has 0 aromatic carbocycles. The zero-order chi connectivity index (χ0) is 11.0. The largest absolute Gasteiger partial charge is 0.383 e. The lowest BCUT2D eigenvalue weighted by molar-refractivity contribution is 0.185. The summed E-state index contributed by atoms with van der Waals surface area (Å²) in [5.74, 6) is 0.821. The van der Waals surface area contributed by atoms with Crippen molar-refractivity contribution in [2.75, 3.05) is 33.9 Å². The average molecular weight is 266 g/mol. The van der Waals surface area contributed by atoms with Gasteiger partial charge in [0, 0.05) is 13.7 Å². The summed E-state index contributed by atoms with van der Waals surface area (Å²) in [6.07, 6.45) is 2.61. The average Bonchev–Trinajstić information content (AvgIpc) is 2.03. The summed E-state index contributed by atoms with van der Waals surface area (Å²) in [5.41, 5.74) is 0. The summed E-state index contributed by atoms with van der Waals surface area (Å²) in [6, 6.07) is 0. The van der Waals surface area contributed by atoms with Crippen molar-refractivity contribution in [2.45, 2.75) is 31.5 Å². The molecule has 3 heteroatoms. The molecule has 0 aliphatic carbocycles. The van der Waals surface area contributed by atoms with E-state index in [0.29, 0.717) is 4.83 Å². The van der Waals surface area contributed by atoms with Crippen LogP contribution in [-0.4, -0.2) is 43.6 Å². The fourth-order valence-electron chi connectivity index (χ4n) is 1.43. The van der Waals surface area contributed by atoms with Gasteiger partial charge in [-0.05, 0) is 32.4 Å². The Hall–Kier alpha value is 0.400. The van der Waals surface area contributed by atoms with Gasteiger partial charge in [0.05, 0.1) is 11.4 Å². The lowest BCUT2D eigenvalue weighted by Crippen LogP contribution is -2.29. The van der Waals surface area contributed by atoms with Crippen LogP contribution in [0.3, 0.4) is 0 Å². The highest BCUT2D eigenvalue weighted by Crippen LogP contribution is 2.06. The Labute approximate surface area is 97.1 Å². The van der Waals surface area contributed by atoms with Gasteiger partial charge in [-0.3, -0.25) is 0 Å². The first-order valence-electron chi connectivity index (χ1n) is 5.37. The van der Waals surface area contributed by atoms with Crippen molar-refractivity contribution in [1.82, 2.24) is 4.90 Å². The van der Waals surface area contributed by atoms with E-state index in [9.17, 15) is 0 Å². The molecule has 1 unspecified atom stereocenters. The lowest BCUT2D eigenvalue weighted by Gasteiger charge is -2.20. The van der Waals surface area contributed by atoms with Crippen LogP contribution < -0.4 is 0 Å². The fourth-order valence-corrected chi connectivity index (χ4v) is 2.19. The van der Waals surface area contributed by atoms with E-state index in [0.717, 1.165) is 19.1 Å². The van der Waals surface area contributed by atoms with Crippen molar-refractivity contribution in [3.05, 3.63) is 0 Å². The third-order valence-electron chi connectivity index (χ3n) is 2.18. The topological polar surface area (TPSA) is 12.5 Å². The van der Waals surface area contributed by atoms with Crippen molar-refractivity contribution < 1.29 is 4.74 Å². The summed E-state index contributed by atoms with van der Waals surface area (Å²) in [6.45, 7) is 7.58. The van der Waals surface area contributed by atoms with Crippen LogP contribution >= 0.6 is 15.9 Å². The van der Waals surface area contributed by atoms with E-state index in [-0.39, 0.29) is 0 Å². The molecule has 0 aromatic heterocycles. The predicted molar refractivity (Wildman–Crippen MR) is 66.2 cm³/mol. The minimum absolute atomic E-state index is 0.455. The molecule has 0 amide bonds. The number of methoxy groups -OCH3 is 1. The van der Waals surface area contributed by atoms with Gasteiger partial charge in [0.1, 0.15) is 0 Å². The highest BCUT2D eigenvalue weighted by Gasteiger charge is 2.07. The van der Waals surface area contributed by atoms with Crippen molar-refractivity contribution in [1.29, 1.82) is 0 Å².